The van der Waals surface area contributed by atoms with Gasteiger partial charge in [0, 0.05) is 17.2 Å². The first-order valence-electron chi connectivity index (χ1n) is 4.73. The van der Waals surface area contributed by atoms with Gasteiger partial charge in [-0.15, -0.1) is 0 Å². The molecule has 0 saturated heterocycles. The fraction of sp³-hybridized carbons (Fsp3) is 0.455. The predicted molar refractivity (Wildman–Crippen MR) is 58.8 cm³/mol. The van der Waals surface area contributed by atoms with E-state index in [2.05, 4.69) is 30.4 Å². The minimum atomic E-state index is 0.340. The molecule has 1 rings (SSSR count). The first kappa shape index (κ1) is 10.7. The number of aryl methyl sites for hydroxylation is 2. The molecular formula is C11H17N3. The van der Waals surface area contributed by atoms with E-state index < -0.39 is 0 Å². The van der Waals surface area contributed by atoms with E-state index >= 15 is 0 Å². The molecule has 2 N–H and O–H groups in total. The van der Waals surface area contributed by atoms with Crippen LogP contribution in [0.1, 0.15) is 42.5 Å². The van der Waals surface area contributed by atoms with Crippen LogP contribution in [0.2, 0.25) is 0 Å². The second-order valence-corrected chi connectivity index (χ2v) is 3.81. The molecule has 1 aromatic heterocycles. The third-order valence-corrected chi connectivity index (χ3v) is 2.13. The number of rotatable bonds is 2. The molecule has 76 valence electrons. The van der Waals surface area contributed by atoms with Crippen LogP contribution in [-0.4, -0.2) is 9.97 Å². The number of nitrogens with two attached hydrogens (primary N) is 1. The predicted octanol–water partition coefficient (Wildman–Crippen LogP) is 2.15. The molecule has 0 aromatic carbocycles. The summed E-state index contributed by atoms with van der Waals surface area (Å²) in [5, 5.41) is 0. The average molecular weight is 191 g/mol. The van der Waals surface area contributed by atoms with Crippen LogP contribution in [0, 0.1) is 13.8 Å². The molecule has 0 radical (unpaired) electrons. The zero-order chi connectivity index (χ0) is 10.9. The molecular weight excluding hydrogens is 174 g/mol. The van der Waals surface area contributed by atoms with Gasteiger partial charge in [0.05, 0.1) is 11.4 Å². The maximum Gasteiger partial charge on any atom is 0.131 e. The Morgan fingerprint density at radius 1 is 1.21 bits per heavy atom. The molecule has 0 fully saturated rings. The molecule has 3 heteroatoms. The molecule has 3 nitrogen and oxygen atoms in total. The molecule has 0 amide bonds. The van der Waals surface area contributed by atoms with Crippen molar-refractivity contribution in [3.63, 3.8) is 0 Å². The van der Waals surface area contributed by atoms with E-state index in [9.17, 15) is 0 Å². The van der Waals surface area contributed by atoms with E-state index in [0.717, 1.165) is 22.8 Å². The minimum absolute atomic E-state index is 0.340. The van der Waals surface area contributed by atoms with E-state index in [1.165, 1.54) is 0 Å². The Morgan fingerprint density at radius 2 is 1.64 bits per heavy atom. The Balaban J connectivity index is 3.32. The molecule has 0 aliphatic rings. The van der Waals surface area contributed by atoms with Crippen LogP contribution in [-0.2, 0) is 0 Å². The molecule has 0 saturated carbocycles. The standard InChI is InChI=1S/C11H17N3/c1-6(2)11-13-8(4)10(7(3)12)9(5)14-11/h6H,3,12H2,1-2,4-5H3. The maximum absolute atomic E-state index is 5.67. The van der Waals surface area contributed by atoms with Crippen molar-refractivity contribution in [2.24, 2.45) is 5.73 Å². The van der Waals surface area contributed by atoms with Gasteiger partial charge >= 0.3 is 0 Å². The normalized spacial score (nSPS) is 10.6. The van der Waals surface area contributed by atoms with E-state index in [1.54, 1.807) is 0 Å². The van der Waals surface area contributed by atoms with Crippen molar-refractivity contribution in [3.8, 4) is 0 Å². The molecule has 0 bridgehead atoms. The Bertz CT molecular complexity index is 344. The first-order valence-corrected chi connectivity index (χ1v) is 4.73. The highest BCUT2D eigenvalue weighted by atomic mass is 14.9. The van der Waals surface area contributed by atoms with Crippen LogP contribution in [0.5, 0.6) is 0 Å². The van der Waals surface area contributed by atoms with E-state index in [-0.39, 0.29) is 0 Å². The molecule has 0 unspecified atom stereocenters. The van der Waals surface area contributed by atoms with Crippen molar-refractivity contribution >= 4 is 5.70 Å². The van der Waals surface area contributed by atoms with Gasteiger partial charge in [-0.3, -0.25) is 0 Å². The summed E-state index contributed by atoms with van der Waals surface area (Å²) in [5.74, 6) is 1.21. The third kappa shape index (κ3) is 1.92. The Labute approximate surface area is 85.1 Å². The van der Waals surface area contributed by atoms with Crippen molar-refractivity contribution in [2.75, 3.05) is 0 Å². The van der Waals surface area contributed by atoms with Gasteiger partial charge in [-0.2, -0.15) is 0 Å². The van der Waals surface area contributed by atoms with Crippen LogP contribution in [0.25, 0.3) is 5.70 Å². The van der Waals surface area contributed by atoms with Gasteiger partial charge in [-0.25, -0.2) is 9.97 Å². The summed E-state index contributed by atoms with van der Waals surface area (Å²) in [6, 6.07) is 0. The van der Waals surface area contributed by atoms with Crippen molar-refractivity contribution in [3.05, 3.63) is 29.4 Å². The van der Waals surface area contributed by atoms with Crippen LogP contribution >= 0.6 is 0 Å². The highest BCUT2D eigenvalue weighted by Crippen LogP contribution is 2.18. The van der Waals surface area contributed by atoms with Gasteiger partial charge in [-0.05, 0) is 13.8 Å². The lowest BCUT2D eigenvalue weighted by Crippen LogP contribution is -2.08. The topological polar surface area (TPSA) is 51.8 Å². The zero-order valence-electron chi connectivity index (χ0n) is 9.26. The third-order valence-electron chi connectivity index (χ3n) is 2.13. The second kappa shape index (κ2) is 3.78. The van der Waals surface area contributed by atoms with Gasteiger partial charge in [0.25, 0.3) is 0 Å². The summed E-state index contributed by atoms with van der Waals surface area (Å²) < 4.78 is 0. The van der Waals surface area contributed by atoms with Crippen LogP contribution in [0.4, 0.5) is 0 Å². The van der Waals surface area contributed by atoms with Gasteiger partial charge in [0.15, 0.2) is 0 Å². The van der Waals surface area contributed by atoms with Crippen molar-refractivity contribution in [1.29, 1.82) is 0 Å². The maximum atomic E-state index is 5.67. The molecule has 14 heavy (non-hydrogen) atoms. The minimum Gasteiger partial charge on any atom is -0.399 e. The summed E-state index contributed by atoms with van der Waals surface area (Å²) in [5.41, 5.74) is 8.91. The molecule has 0 spiro atoms. The quantitative estimate of drug-likeness (QED) is 0.779. The van der Waals surface area contributed by atoms with E-state index in [4.69, 9.17) is 5.73 Å². The lowest BCUT2D eigenvalue weighted by molar-refractivity contribution is 0.756. The van der Waals surface area contributed by atoms with Crippen molar-refractivity contribution in [1.82, 2.24) is 9.97 Å². The molecule has 1 aromatic rings. The molecule has 0 atom stereocenters. The number of hydrogen-bond acceptors (Lipinski definition) is 3. The second-order valence-electron chi connectivity index (χ2n) is 3.81. The fourth-order valence-corrected chi connectivity index (χ4v) is 1.47. The average Bonchev–Trinajstić information content (AvgIpc) is 2.01. The van der Waals surface area contributed by atoms with Gasteiger partial charge in [0.2, 0.25) is 0 Å². The SMILES string of the molecule is C=C(N)c1c(C)nc(C(C)C)nc1C. The first-order chi connectivity index (χ1) is 6.43. The monoisotopic (exact) mass is 191 g/mol. The van der Waals surface area contributed by atoms with Crippen molar-refractivity contribution < 1.29 is 0 Å². The Hall–Kier alpha value is -1.38. The molecule has 0 aliphatic heterocycles. The highest BCUT2D eigenvalue weighted by Gasteiger charge is 2.11. The van der Waals surface area contributed by atoms with Crippen LogP contribution < -0.4 is 5.73 Å². The Morgan fingerprint density at radius 3 is 1.93 bits per heavy atom. The summed E-state index contributed by atoms with van der Waals surface area (Å²) in [6.07, 6.45) is 0. The highest BCUT2D eigenvalue weighted by molar-refractivity contribution is 5.63. The smallest absolute Gasteiger partial charge is 0.131 e. The van der Waals surface area contributed by atoms with E-state index in [0.29, 0.717) is 11.6 Å². The zero-order valence-corrected chi connectivity index (χ0v) is 9.26. The lowest BCUT2D eigenvalue weighted by atomic mass is 10.1. The lowest BCUT2D eigenvalue weighted by Gasteiger charge is -2.11. The van der Waals surface area contributed by atoms with Crippen LogP contribution in [0.15, 0.2) is 6.58 Å². The van der Waals surface area contributed by atoms with Gasteiger partial charge in [-0.1, -0.05) is 20.4 Å². The summed E-state index contributed by atoms with van der Waals surface area (Å²) in [4.78, 5) is 8.81. The number of hydrogen-bond donors (Lipinski definition) is 1. The Kier molecular flexibility index (Phi) is 2.89. The van der Waals surface area contributed by atoms with Gasteiger partial charge in [0.1, 0.15) is 5.82 Å². The number of aromatic nitrogens is 2. The summed E-state index contributed by atoms with van der Waals surface area (Å²) in [7, 11) is 0. The van der Waals surface area contributed by atoms with Crippen LogP contribution in [0.3, 0.4) is 0 Å². The van der Waals surface area contributed by atoms with Crippen molar-refractivity contribution in [2.45, 2.75) is 33.6 Å². The summed E-state index contributed by atoms with van der Waals surface area (Å²) in [6.45, 7) is 11.7. The van der Waals surface area contributed by atoms with E-state index in [1.807, 2.05) is 13.8 Å². The summed E-state index contributed by atoms with van der Waals surface area (Å²) >= 11 is 0. The molecule has 1 heterocycles. The fourth-order valence-electron chi connectivity index (χ4n) is 1.47. The number of nitrogens with zero attached hydrogens (tertiary/aromatic N) is 2. The van der Waals surface area contributed by atoms with Gasteiger partial charge < -0.3 is 5.73 Å². The molecule has 0 aliphatic carbocycles. The largest absolute Gasteiger partial charge is 0.399 e.